The average Bonchev–Trinajstić information content (AvgIpc) is 2.66. The van der Waals surface area contributed by atoms with Crippen LogP contribution in [0.3, 0.4) is 0 Å². The number of anilines is 1. The van der Waals surface area contributed by atoms with E-state index in [9.17, 15) is 27.2 Å². The van der Waals surface area contributed by atoms with Crippen LogP contribution in [0.4, 0.5) is 23.2 Å². The van der Waals surface area contributed by atoms with Gasteiger partial charge >= 0.3 is 6.18 Å². The number of rotatable bonds is 4. The molecule has 150 valence electrons. The molecule has 0 atom stereocenters. The number of halogens is 5. The zero-order valence-electron chi connectivity index (χ0n) is 14.6. The van der Waals surface area contributed by atoms with Crippen LogP contribution in [0.15, 0.2) is 65.6 Å². The molecular formula is C20H13ClF4N2O2. The lowest BCUT2D eigenvalue weighted by Gasteiger charge is -2.13. The van der Waals surface area contributed by atoms with Gasteiger partial charge in [0.2, 0.25) is 0 Å². The molecule has 3 rings (SSSR count). The van der Waals surface area contributed by atoms with Crippen molar-refractivity contribution in [2.75, 3.05) is 5.32 Å². The second kappa shape index (κ2) is 8.08. The van der Waals surface area contributed by atoms with Crippen LogP contribution >= 0.6 is 11.6 Å². The van der Waals surface area contributed by atoms with Gasteiger partial charge in [-0.1, -0.05) is 29.8 Å². The molecule has 3 aromatic rings. The van der Waals surface area contributed by atoms with Crippen LogP contribution in [-0.4, -0.2) is 10.5 Å². The first-order valence-electron chi connectivity index (χ1n) is 8.27. The van der Waals surface area contributed by atoms with Gasteiger partial charge in [-0.3, -0.25) is 9.59 Å². The van der Waals surface area contributed by atoms with Crippen LogP contribution in [0, 0.1) is 5.82 Å². The van der Waals surface area contributed by atoms with Crippen molar-refractivity contribution in [1.82, 2.24) is 4.57 Å². The molecule has 0 aliphatic rings. The molecule has 4 nitrogen and oxygen atoms in total. The smallest absolute Gasteiger partial charge is 0.321 e. The summed E-state index contributed by atoms with van der Waals surface area (Å²) in [6.45, 7) is -0.114. The Morgan fingerprint density at radius 1 is 1.07 bits per heavy atom. The zero-order chi connectivity index (χ0) is 21.2. The molecule has 0 spiro atoms. The zero-order valence-corrected chi connectivity index (χ0v) is 15.4. The molecule has 9 heteroatoms. The van der Waals surface area contributed by atoms with Crippen LogP contribution in [0.25, 0.3) is 0 Å². The minimum atomic E-state index is -4.60. The van der Waals surface area contributed by atoms with E-state index in [1.165, 1.54) is 30.5 Å². The fourth-order valence-electron chi connectivity index (χ4n) is 2.59. The third-order valence-electron chi connectivity index (χ3n) is 4.09. The highest BCUT2D eigenvalue weighted by Crippen LogP contribution is 2.33. The SMILES string of the molecule is O=C(Nc1cc(C(F)(F)F)ccc1Cl)c1ccc(=O)n(Cc2ccccc2F)c1. The van der Waals surface area contributed by atoms with Crippen LogP contribution in [0.5, 0.6) is 0 Å². The first kappa shape index (κ1) is 20.6. The van der Waals surface area contributed by atoms with Gasteiger partial charge < -0.3 is 9.88 Å². The van der Waals surface area contributed by atoms with E-state index in [0.717, 1.165) is 28.8 Å². The fraction of sp³-hybridized carbons (Fsp3) is 0.100. The van der Waals surface area contributed by atoms with E-state index >= 15 is 0 Å². The summed E-state index contributed by atoms with van der Waals surface area (Å²) in [7, 11) is 0. The van der Waals surface area contributed by atoms with E-state index in [0.29, 0.717) is 0 Å². The van der Waals surface area contributed by atoms with Crippen molar-refractivity contribution in [3.05, 3.63) is 98.7 Å². The summed E-state index contributed by atoms with van der Waals surface area (Å²) in [4.78, 5) is 24.5. The summed E-state index contributed by atoms with van der Waals surface area (Å²) in [5, 5.41) is 2.22. The number of aromatic nitrogens is 1. The maximum absolute atomic E-state index is 13.8. The Bertz CT molecular complexity index is 1130. The van der Waals surface area contributed by atoms with Crippen molar-refractivity contribution < 1.29 is 22.4 Å². The molecule has 0 bridgehead atoms. The Morgan fingerprint density at radius 3 is 2.48 bits per heavy atom. The molecule has 0 aliphatic carbocycles. The van der Waals surface area contributed by atoms with E-state index in [1.54, 1.807) is 6.07 Å². The largest absolute Gasteiger partial charge is 0.416 e. The molecule has 1 N–H and O–H groups in total. The Labute approximate surface area is 167 Å². The van der Waals surface area contributed by atoms with Gasteiger partial charge in [-0.15, -0.1) is 0 Å². The van der Waals surface area contributed by atoms with Crippen molar-refractivity contribution in [3.63, 3.8) is 0 Å². The predicted molar refractivity (Wildman–Crippen MR) is 101 cm³/mol. The first-order chi connectivity index (χ1) is 13.6. The number of carbonyl (C=O) groups excluding carboxylic acids is 1. The summed E-state index contributed by atoms with van der Waals surface area (Å²) in [5.74, 6) is -1.28. The number of nitrogens with one attached hydrogen (secondary N) is 1. The van der Waals surface area contributed by atoms with E-state index in [-0.39, 0.29) is 28.4 Å². The number of amides is 1. The van der Waals surface area contributed by atoms with Crippen molar-refractivity contribution in [1.29, 1.82) is 0 Å². The summed E-state index contributed by atoms with van der Waals surface area (Å²) in [6.07, 6.45) is -3.40. The number of benzene rings is 2. The van der Waals surface area contributed by atoms with E-state index in [1.807, 2.05) is 0 Å². The highest BCUT2D eigenvalue weighted by atomic mass is 35.5. The Hall–Kier alpha value is -3.13. The summed E-state index contributed by atoms with van der Waals surface area (Å²) in [5.41, 5.74) is -1.43. The minimum Gasteiger partial charge on any atom is -0.321 e. The number of carbonyl (C=O) groups is 1. The molecule has 1 heterocycles. The first-order valence-corrected chi connectivity index (χ1v) is 8.65. The minimum absolute atomic E-state index is 0.00517. The Morgan fingerprint density at radius 2 is 1.79 bits per heavy atom. The van der Waals surface area contributed by atoms with Crippen molar-refractivity contribution in [2.24, 2.45) is 0 Å². The van der Waals surface area contributed by atoms with Crippen molar-refractivity contribution in [3.8, 4) is 0 Å². The number of hydrogen-bond donors (Lipinski definition) is 1. The maximum atomic E-state index is 13.8. The Kier molecular flexibility index (Phi) is 5.74. The van der Waals surface area contributed by atoms with Gasteiger partial charge in [0.25, 0.3) is 11.5 Å². The van der Waals surface area contributed by atoms with E-state index in [4.69, 9.17) is 11.6 Å². The number of hydrogen-bond acceptors (Lipinski definition) is 2. The molecular weight excluding hydrogens is 412 g/mol. The van der Waals surface area contributed by atoms with Gasteiger partial charge in [-0.2, -0.15) is 13.2 Å². The lowest BCUT2D eigenvalue weighted by atomic mass is 10.1. The molecule has 0 radical (unpaired) electrons. The summed E-state index contributed by atoms with van der Waals surface area (Å²) < 4.78 is 53.6. The molecule has 0 unspecified atom stereocenters. The van der Waals surface area contributed by atoms with Crippen molar-refractivity contribution in [2.45, 2.75) is 12.7 Å². The molecule has 29 heavy (non-hydrogen) atoms. The van der Waals surface area contributed by atoms with Gasteiger partial charge in [0.1, 0.15) is 5.82 Å². The highest BCUT2D eigenvalue weighted by molar-refractivity contribution is 6.34. The van der Waals surface area contributed by atoms with E-state index < -0.39 is 29.0 Å². The Balaban J connectivity index is 1.87. The van der Waals surface area contributed by atoms with E-state index in [2.05, 4.69) is 5.32 Å². The second-order valence-electron chi connectivity index (χ2n) is 6.12. The number of alkyl halides is 3. The second-order valence-corrected chi connectivity index (χ2v) is 6.53. The summed E-state index contributed by atoms with van der Waals surface area (Å²) >= 11 is 5.88. The molecule has 0 saturated carbocycles. The van der Waals surface area contributed by atoms with Gasteiger partial charge in [-0.25, -0.2) is 4.39 Å². The normalized spacial score (nSPS) is 11.3. The molecule has 1 amide bonds. The standard InChI is InChI=1S/C20H13ClF4N2O2/c21-15-7-6-14(20(23,24)25)9-17(15)26-19(29)13-5-8-18(28)27(11-13)10-12-3-1-2-4-16(12)22/h1-9,11H,10H2,(H,26,29). The van der Waals surface area contributed by atoms with Gasteiger partial charge in [-0.05, 0) is 30.3 Å². The molecule has 1 aromatic heterocycles. The molecule has 0 aliphatic heterocycles. The molecule has 2 aromatic carbocycles. The van der Waals surface area contributed by atoms with Crippen LogP contribution in [0.2, 0.25) is 5.02 Å². The molecule has 0 saturated heterocycles. The van der Waals surface area contributed by atoms with Crippen molar-refractivity contribution >= 4 is 23.2 Å². The highest BCUT2D eigenvalue weighted by Gasteiger charge is 2.31. The number of pyridine rings is 1. The lowest BCUT2D eigenvalue weighted by Crippen LogP contribution is -2.23. The third-order valence-corrected chi connectivity index (χ3v) is 4.42. The van der Waals surface area contributed by atoms with Gasteiger partial charge in [0, 0.05) is 17.8 Å². The van der Waals surface area contributed by atoms with Crippen LogP contribution in [-0.2, 0) is 12.7 Å². The lowest BCUT2D eigenvalue weighted by molar-refractivity contribution is -0.137. The van der Waals surface area contributed by atoms with Crippen LogP contribution in [0.1, 0.15) is 21.5 Å². The van der Waals surface area contributed by atoms with Crippen LogP contribution < -0.4 is 10.9 Å². The molecule has 0 fully saturated rings. The van der Waals surface area contributed by atoms with Gasteiger partial charge in [0.05, 0.1) is 28.4 Å². The topological polar surface area (TPSA) is 51.1 Å². The number of nitrogens with zero attached hydrogens (tertiary/aromatic N) is 1. The average molecular weight is 425 g/mol. The maximum Gasteiger partial charge on any atom is 0.416 e. The van der Waals surface area contributed by atoms with Gasteiger partial charge in [0.15, 0.2) is 0 Å². The quantitative estimate of drug-likeness (QED) is 0.602. The predicted octanol–water partition coefficient (Wildman–Crippen LogP) is 4.96. The summed E-state index contributed by atoms with van der Waals surface area (Å²) in [6, 6.07) is 10.7. The fourth-order valence-corrected chi connectivity index (χ4v) is 2.76. The monoisotopic (exact) mass is 424 g/mol. The third kappa shape index (κ3) is 4.83.